The van der Waals surface area contributed by atoms with E-state index in [1.54, 1.807) is 18.2 Å². The first-order chi connectivity index (χ1) is 22.3. The third kappa shape index (κ3) is 11.9. The molecule has 9 nitrogen and oxygen atoms in total. The molecule has 0 aromatic heterocycles. The number of allylic oxidation sites excluding steroid dienone is 2. The summed E-state index contributed by atoms with van der Waals surface area (Å²) in [5, 5.41) is 15.5. The van der Waals surface area contributed by atoms with E-state index in [9.17, 15) is 24.3 Å². The maximum atomic E-state index is 13.5. The lowest BCUT2D eigenvalue weighted by Crippen LogP contribution is -2.51. The minimum atomic E-state index is -1.29. The van der Waals surface area contributed by atoms with Crippen LogP contribution in [0.5, 0.6) is 0 Å². The monoisotopic (exact) mass is 632 g/mol. The van der Waals surface area contributed by atoms with Crippen LogP contribution in [-0.2, 0) is 41.7 Å². The van der Waals surface area contributed by atoms with Crippen molar-refractivity contribution in [2.45, 2.75) is 82.4 Å². The number of amides is 2. The van der Waals surface area contributed by atoms with E-state index in [2.05, 4.69) is 23.8 Å². The van der Waals surface area contributed by atoms with Gasteiger partial charge < -0.3 is 25.2 Å². The van der Waals surface area contributed by atoms with Gasteiger partial charge in [0.1, 0.15) is 13.2 Å². The van der Waals surface area contributed by atoms with Gasteiger partial charge in [-0.2, -0.15) is 0 Å². The van der Waals surface area contributed by atoms with E-state index in [1.165, 1.54) is 6.08 Å². The molecule has 0 radical (unpaired) electrons. The quantitative estimate of drug-likeness (QED) is 0.107. The van der Waals surface area contributed by atoms with Crippen LogP contribution in [0.1, 0.15) is 68.9 Å². The first kappa shape index (κ1) is 36.2. The number of hydrogen-bond donors (Lipinski definition) is 3. The van der Waals surface area contributed by atoms with Gasteiger partial charge in [0, 0.05) is 6.42 Å². The third-order valence-electron chi connectivity index (χ3n) is 8.36. The Labute approximate surface area is 272 Å². The van der Waals surface area contributed by atoms with Gasteiger partial charge in [0.05, 0.1) is 24.0 Å². The first-order valence-electron chi connectivity index (χ1n) is 16.1. The lowest BCUT2D eigenvalue weighted by Gasteiger charge is -2.29. The summed E-state index contributed by atoms with van der Waals surface area (Å²) in [5.41, 5.74) is 1.07. The number of nitrogens with one attached hydrogen (secondary N) is 2. The van der Waals surface area contributed by atoms with Crippen molar-refractivity contribution in [3.05, 3.63) is 97.1 Å². The summed E-state index contributed by atoms with van der Waals surface area (Å²) >= 11 is 0. The van der Waals surface area contributed by atoms with Crippen LogP contribution in [0.2, 0.25) is 0 Å². The van der Waals surface area contributed by atoms with Gasteiger partial charge in [-0.15, -0.1) is 13.2 Å². The number of carbonyl (C=O) groups excluding carboxylic acids is 4. The smallest absolute Gasteiger partial charge is 0.332 e. The highest BCUT2D eigenvalue weighted by atomic mass is 16.6. The van der Waals surface area contributed by atoms with E-state index in [-0.39, 0.29) is 32.0 Å². The molecule has 1 aliphatic carbocycles. The largest absolute Gasteiger partial charge is 0.463 e. The molecule has 46 heavy (non-hydrogen) atoms. The molecule has 9 heteroatoms. The zero-order valence-corrected chi connectivity index (χ0v) is 26.7. The van der Waals surface area contributed by atoms with E-state index in [0.29, 0.717) is 25.7 Å². The molecule has 0 unspecified atom stereocenters. The molecular formula is C37H48N2O7. The average molecular weight is 633 g/mol. The number of benzene rings is 2. The molecule has 1 saturated carbocycles. The van der Waals surface area contributed by atoms with Gasteiger partial charge >= 0.3 is 11.9 Å². The molecule has 0 spiro atoms. The summed E-state index contributed by atoms with van der Waals surface area (Å²) in [5.74, 6) is -3.45. The van der Waals surface area contributed by atoms with E-state index >= 15 is 0 Å². The van der Waals surface area contributed by atoms with Gasteiger partial charge in [-0.1, -0.05) is 85.7 Å². The lowest BCUT2D eigenvalue weighted by atomic mass is 9.94. The molecule has 2 aromatic rings. The van der Waals surface area contributed by atoms with Crippen LogP contribution in [0.15, 0.2) is 86.0 Å². The van der Waals surface area contributed by atoms with Crippen molar-refractivity contribution in [2.75, 3.05) is 13.2 Å². The summed E-state index contributed by atoms with van der Waals surface area (Å²) < 4.78 is 11.2. The molecule has 3 atom stereocenters. The van der Waals surface area contributed by atoms with Crippen LogP contribution in [0.3, 0.4) is 0 Å². The van der Waals surface area contributed by atoms with Crippen LogP contribution in [0, 0.1) is 11.8 Å². The number of aliphatic hydroxyl groups is 1. The van der Waals surface area contributed by atoms with Crippen molar-refractivity contribution in [2.24, 2.45) is 11.8 Å². The number of aliphatic hydroxyl groups excluding tert-OH is 1. The van der Waals surface area contributed by atoms with Gasteiger partial charge in [-0.05, 0) is 56.1 Å². The van der Waals surface area contributed by atoms with Crippen molar-refractivity contribution < 1.29 is 33.8 Å². The molecule has 248 valence electrons. The second kappa shape index (κ2) is 19.3. The Hall–Kier alpha value is -4.24. The molecular weight excluding hydrogens is 584 g/mol. The maximum Gasteiger partial charge on any atom is 0.332 e. The standard InChI is InChI=1S/C37H48N2O7/c1-3-5-8-20-31(23-28-16-9-6-10-17-28)35(43)46-26-32(36(44)45-25-29-18-11-7-12-19-29)38-34(42)30(15-4-2)24-33(41)39-37(27-40)21-13-14-22-37/h3-4,6-7,9-12,16-19,30-32,40H,1-2,5,8,13-15,20-27H2,(H,38,42)(H,39,41)/t30-,31-,32-/m1/s1. The highest BCUT2D eigenvalue weighted by Crippen LogP contribution is 2.29. The summed E-state index contributed by atoms with van der Waals surface area (Å²) in [4.78, 5) is 53.1. The Bertz CT molecular complexity index is 1280. The fraction of sp³-hybridized carbons (Fsp3) is 0.459. The molecule has 3 rings (SSSR count). The predicted octanol–water partition coefficient (Wildman–Crippen LogP) is 4.98. The number of ether oxygens (including phenoxy) is 2. The molecule has 0 heterocycles. The Morgan fingerprint density at radius 1 is 0.870 bits per heavy atom. The number of unbranched alkanes of at least 4 members (excludes halogenated alkanes) is 1. The Morgan fingerprint density at radius 2 is 1.52 bits per heavy atom. The number of rotatable bonds is 20. The highest BCUT2D eigenvalue weighted by molar-refractivity contribution is 5.89. The van der Waals surface area contributed by atoms with E-state index < -0.39 is 47.9 Å². The molecule has 0 saturated heterocycles. The van der Waals surface area contributed by atoms with Crippen LogP contribution < -0.4 is 10.6 Å². The topological polar surface area (TPSA) is 131 Å². The first-order valence-corrected chi connectivity index (χ1v) is 16.1. The number of hydrogen-bond acceptors (Lipinski definition) is 7. The predicted molar refractivity (Wildman–Crippen MR) is 176 cm³/mol. The van der Waals surface area contributed by atoms with Gasteiger partial charge in [-0.3, -0.25) is 14.4 Å². The van der Waals surface area contributed by atoms with Gasteiger partial charge in [-0.25, -0.2) is 4.79 Å². The number of carbonyl (C=O) groups is 4. The maximum absolute atomic E-state index is 13.5. The molecule has 2 amide bonds. The van der Waals surface area contributed by atoms with Crippen molar-refractivity contribution in [1.29, 1.82) is 0 Å². The van der Waals surface area contributed by atoms with E-state index in [0.717, 1.165) is 36.8 Å². The fourth-order valence-electron chi connectivity index (χ4n) is 5.71. The van der Waals surface area contributed by atoms with Crippen molar-refractivity contribution >= 4 is 23.8 Å². The second-order valence-electron chi connectivity index (χ2n) is 12.0. The van der Waals surface area contributed by atoms with Crippen LogP contribution in [0.4, 0.5) is 0 Å². The number of esters is 2. The second-order valence-corrected chi connectivity index (χ2v) is 12.0. The van der Waals surface area contributed by atoms with Gasteiger partial charge in [0.25, 0.3) is 0 Å². The minimum absolute atomic E-state index is 0.0279. The van der Waals surface area contributed by atoms with Crippen molar-refractivity contribution in [3.63, 3.8) is 0 Å². The minimum Gasteiger partial charge on any atom is -0.463 e. The Kier molecular flexibility index (Phi) is 15.2. The zero-order valence-electron chi connectivity index (χ0n) is 26.7. The lowest BCUT2D eigenvalue weighted by molar-refractivity contribution is -0.157. The molecule has 1 fully saturated rings. The summed E-state index contributed by atoms with van der Waals surface area (Å²) in [6, 6.07) is 17.4. The molecule has 3 N–H and O–H groups in total. The SMILES string of the molecule is C=CCCC[C@H](Cc1ccccc1)C(=O)OC[C@@H](NC(=O)[C@H](CC=C)CC(=O)NC1(CO)CCCC1)C(=O)OCc1ccccc1. The summed E-state index contributed by atoms with van der Waals surface area (Å²) in [6.45, 7) is 6.86. The molecule has 1 aliphatic rings. The highest BCUT2D eigenvalue weighted by Gasteiger charge is 2.36. The van der Waals surface area contributed by atoms with Crippen molar-refractivity contribution in [3.8, 4) is 0 Å². The Balaban J connectivity index is 1.71. The van der Waals surface area contributed by atoms with E-state index in [4.69, 9.17) is 9.47 Å². The van der Waals surface area contributed by atoms with Crippen molar-refractivity contribution in [1.82, 2.24) is 10.6 Å². The average Bonchev–Trinajstić information content (AvgIpc) is 3.54. The van der Waals surface area contributed by atoms with Gasteiger partial charge in [0.15, 0.2) is 6.04 Å². The normalized spacial score (nSPS) is 15.5. The fourth-order valence-corrected chi connectivity index (χ4v) is 5.71. The third-order valence-corrected chi connectivity index (χ3v) is 8.36. The Morgan fingerprint density at radius 3 is 2.13 bits per heavy atom. The molecule has 0 bridgehead atoms. The van der Waals surface area contributed by atoms with E-state index in [1.807, 2.05) is 48.5 Å². The van der Waals surface area contributed by atoms with Gasteiger partial charge in [0.2, 0.25) is 11.8 Å². The van der Waals surface area contributed by atoms with Crippen LogP contribution in [0.25, 0.3) is 0 Å². The zero-order chi connectivity index (χ0) is 33.2. The van der Waals surface area contributed by atoms with Crippen LogP contribution in [-0.4, -0.2) is 53.7 Å². The van der Waals surface area contributed by atoms with Crippen LogP contribution >= 0.6 is 0 Å². The summed E-state index contributed by atoms with van der Waals surface area (Å²) in [7, 11) is 0. The molecule has 2 aromatic carbocycles. The summed E-state index contributed by atoms with van der Waals surface area (Å²) in [6.07, 6.45) is 9.06. The molecule has 0 aliphatic heterocycles.